The Morgan fingerprint density at radius 3 is 2.45 bits per heavy atom. The smallest absolute Gasteiger partial charge is 0.122 e. The van der Waals surface area contributed by atoms with Gasteiger partial charge in [0, 0.05) is 12.2 Å². The van der Waals surface area contributed by atoms with Crippen molar-refractivity contribution in [2.45, 2.75) is 33.3 Å². The van der Waals surface area contributed by atoms with E-state index in [0.29, 0.717) is 6.61 Å². The van der Waals surface area contributed by atoms with Crippen LogP contribution in [0.15, 0.2) is 48.5 Å². The van der Waals surface area contributed by atoms with Gasteiger partial charge in [-0.2, -0.15) is 0 Å². The molecular weight excluding hydrogens is 274 g/mol. The summed E-state index contributed by atoms with van der Waals surface area (Å²) in [5.41, 5.74) is 2.24. The lowest BCUT2D eigenvalue weighted by Crippen LogP contribution is -2.12. The quantitative estimate of drug-likeness (QED) is 0.719. The van der Waals surface area contributed by atoms with Crippen molar-refractivity contribution in [3.8, 4) is 11.5 Å². The number of ether oxygens (including phenoxy) is 2. The van der Waals surface area contributed by atoms with Gasteiger partial charge in [-0.1, -0.05) is 25.1 Å². The van der Waals surface area contributed by atoms with Gasteiger partial charge in [0.2, 0.25) is 0 Å². The summed E-state index contributed by atoms with van der Waals surface area (Å²) in [6, 6.07) is 16.1. The predicted octanol–water partition coefficient (Wildman–Crippen LogP) is 4.66. The lowest BCUT2D eigenvalue weighted by molar-refractivity contribution is 0.217. The second-order valence-corrected chi connectivity index (χ2v) is 5.40. The van der Waals surface area contributed by atoms with E-state index in [0.717, 1.165) is 35.7 Å². The van der Waals surface area contributed by atoms with E-state index in [1.165, 1.54) is 0 Å². The number of hydrogen-bond acceptors (Lipinski definition) is 3. The summed E-state index contributed by atoms with van der Waals surface area (Å²) in [7, 11) is 0. The lowest BCUT2D eigenvalue weighted by Gasteiger charge is -2.13. The van der Waals surface area contributed by atoms with Crippen LogP contribution < -0.4 is 14.8 Å². The maximum Gasteiger partial charge on any atom is 0.122 e. The topological polar surface area (TPSA) is 30.5 Å². The monoisotopic (exact) mass is 299 g/mol. The zero-order valence-corrected chi connectivity index (χ0v) is 13.6. The Kier molecular flexibility index (Phi) is 6.13. The number of aryl methyl sites for hydroxylation is 1. The van der Waals surface area contributed by atoms with Gasteiger partial charge in [-0.15, -0.1) is 0 Å². The number of nitrogens with one attached hydrogen (secondary N) is 1. The molecule has 2 aromatic rings. The summed E-state index contributed by atoms with van der Waals surface area (Å²) < 4.78 is 11.5. The fraction of sp³-hybridized carbons (Fsp3) is 0.368. The molecule has 22 heavy (non-hydrogen) atoms. The molecule has 0 bridgehead atoms. The SMILES string of the molecule is CCC(C)Oc1ccc(NCCOc2ccccc2C)cc1. The zero-order valence-electron chi connectivity index (χ0n) is 13.6. The largest absolute Gasteiger partial charge is 0.491 e. The molecule has 0 aromatic heterocycles. The molecule has 0 saturated heterocycles. The van der Waals surface area contributed by atoms with E-state index in [1.54, 1.807) is 0 Å². The first-order valence-corrected chi connectivity index (χ1v) is 7.88. The Bertz CT molecular complexity index is 566. The van der Waals surface area contributed by atoms with Crippen LogP contribution in [0.1, 0.15) is 25.8 Å². The van der Waals surface area contributed by atoms with E-state index in [9.17, 15) is 0 Å². The minimum atomic E-state index is 0.251. The zero-order chi connectivity index (χ0) is 15.8. The van der Waals surface area contributed by atoms with Crippen molar-refractivity contribution >= 4 is 5.69 Å². The van der Waals surface area contributed by atoms with Crippen LogP contribution in [0.4, 0.5) is 5.69 Å². The predicted molar refractivity (Wildman–Crippen MR) is 92.0 cm³/mol. The first-order valence-electron chi connectivity index (χ1n) is 7.88. The number of benzene rings is 2. The second kappa shape index (κ2) is 8.32. The van der Waals surface area contributed by atoms with E-state index in [2.05, 4.69) is 32.2 Å². The van der Waals surface area contributed by atoms with Crippen LogP contribution in [0.5, 0.6) is 11.5 Å². The number of hydrogen-bond donors (Lipinski definition) is 1. The van der Waals surface area contributed by atoms with Gasteiger partial charge < -0.3 is 14.8 Å². The molecule has 0 aliphatic carbocycles. The molecule has 0 spiro atoms. The summed E-state index contributed by atoms with van der Waals surface area (Å²) in [6.07, 6.45) is 1.26. The summed E-state index contributed by atoms with van der Waals surface area (Å²) in [5, 5.41) is 3.35. The van der Waals surface area contributed by atoms with Gasteiger partial charge >= 0.3 is 0 Å². The van der Waals surface area contributed by atoms with Crippen LogP contribution in [0.25, 0.3) is 0 Å². The Balaban J connectivity index is 1.74. The molecule has 0 amide bonds. The molecule has 0 aliphatic rings. The molecule has 0 heterocycles. The molecule has 0 fully saturated rings. The van der Waals surface area contributed by atoms with Crippen LogP contribution in [0, 0.1) is 6.92 Å². The Labute approximate surface area is 133 Å². The van der Waals surface area contributed by atoms with E-state index >= 15 is 0 Å². The van der Waals surface area contributed by atoms with Crippen molar-refractivity contribution < 1.29 is 9.47 Å². The molecule has 3 heteroatoms. The van der Waals surface area contributed by atoms with Gasteiger partial charge in [-0.05, 0) is 56.2 Å². The number of rotatable bonds is 8. The summed E-state index contributed by atoms with van der Waals surface area (Å²) in [5.74, 6) is 1.86. The van der Waals surface area contributed by atoms with Crippen molar-refractivity contribution in [2.75, 3.05) is 18.5 Å². The fourth-order valence-electron chi connectivity index (χ4n) is 2.04. The first-order chi connectivity index (χ1) is 10.7. The van der Waals surface area contributed by atoms with Crippen molar-refractivity contribution in [1.82, 2.24) is 0 Å². The van der Waals surface area contributed by atoms with Crippen molar-refractivity contribution in [3.63, 3.8) is 0 Å². The molecular formula is C19H25NO2. The number of anilines is 1. The normalized spacial score (nSPS) is 11.8. The molecule has 1 atom stereocenters. The third-order valence-electron chi connectivity index (χ3n) is 3.55. The fourth-order valence-corrected chi connectivity index (χ4v) is 2.04. The Morgan fingerprint density at radius 2 is 1.77 bits per heavy atom. The Hall–Kier alpha value is -2.16. The second-order valence-electron chi connectivity index (χ2n) is 5.40. The number of para-hydroxylation sites is 1. The van der Waals surface area contributed by atoms with Crippen molar-refractivity contribution in [3.05, 3.63) is 54.1 Å². The van der Waals surface area contributed by atoms with Crippen LogP contribution in [0.2, 0.25) is 0 Å². The van der Waals surface area contributed by atoms with Crippen LogP contribution in [-0.4, -0.2) is 19.3 Å². The molecule has 0 aliphatic heterocycles. The highest BCUT2D eigenvalue weighted by Crippen LogP contribution is 2.18. The molecule has 2 rings (SSSR count). The molecule has 1 unspecified atom stereocenters. The standard InChI is InChI=1S/C19H25NO2/c1-4-16(3)22-18-11-9-17(10-12-18)20-13-14-21-19-8-6-5-7-15(19)2/h5-12,16,20H,4,13-14H2,1-3H3. The van der Waals surface area contributed by atoms with Gasteiger partial charge in [0.05, 0.1) is 6.10 Å². The average molecular weight is 299 g/mol. The highest BCUT2D eigenvalue weighted by molar-refractivity contribution is 5.46. The third kappa shape index (κ3) is 4.99. The van der Waals surface area contributed by atoms with E-state index in [4.69, 9.17) is 9.47 Å². The van der Waals surface area contributed by atoms with Gasteiger partial charge in [-0.25, -0.2) is 0 Å². The van der Waals surface area contributed by atoms with Gasteiger partial charge in [0.15, 0.2) is 0 Å². The average Bonchev–Trinajstić information content (AvgIpc) is 2.54. The van der Waals surface area contributed by atoms with E-state index in [1.807, 2.05) is 42.5 Å². The third-order valence-corrected chi connectivity index (χ3v) is 3.55. The summed E-state index contributed by atoms with van der Waals surface area (Å²) in [6.45, 7) is 7.65. The highest BCUT2D eigenvalue weighted by Gasteiger charge is 2.01. The van der Waals surface area contributed by atoms with Crippen LogP contribution in [-0.2, 0) is 0 Å². The van der Waals surface area contributed by atoms with Gasteiger partial charge in [-0.3, -0.25) is 0 Å². The molecule has 118 valence electrons. The molecule has 0 saturated carbocycles. The maximum absolute atomic E-state index is 5.76. The van der Waals surface area contributed by atoms with Crippen molar-refractivity contribution in [2.24, 2.45) is 0 Å². The summed E-state index contributed by atoms with van der Waals surface area (Å²) in [4.78, 5) is 0. The van der Waals surface area contributed by atoms with Gasteiger partial charge in [0.25, 0.3) is 0 Å². The molecule has 2 aromatic carbocycles. The van der Waals surface area contributed by atoms with Crippen LogP contribution >= 0.6 is 0 Å². The molecule has 0 radical (unpaired) electrons. The molecule has 3 nitrogen and oxygen atoms in total. The minimum absolute atomic E-state index is 0.251. The summed E-state index contributed by atoms with van der Waals surface area (Å²) >= 11 is 0. The minimum Gasteiger partial charge on any atom is -0.491 e. The lowest BCUT2D eigenvalue weighted by atomic mass is 10.2. The van der Waals surface area contributed by atoms with Crippen molar-refractivity contribution in [1.29, 1.82) is 0 Å². The van der Waals surface area contributed by atoms with Gasteiger partial charge in [0.1, 0.15) is 18.1 Å². The maximum atomic E-state index is 5.76. The van der Waals surface area contributed by atoms with Crippen LogP contribution in [0.3, 0.4) is 0 Å². The van der Waals surface area contributed by atoms with E-state index in [-0.39, 0.29) is 6.10 Å². The molecule has 1 N–H and O–H groups in total. The highest BCUT2D eigenvalue weighted by atomic mass is 16.5. The first kappa shape index (κ1) is 16.2. The van der Waals surface area contributed by atoms with E-state index < -0.39 is 0 Å². The Morgan fingerprint density at radius 1 is 1.05 bits per heavy atom.